The summed E-state index contributed by atoms with van der Waals surface area (Å²) in [7, 11) is 0. The van der Waals surface area contributed by atoms with Crippen molar-refractivity contribution in [3.63, 3.8) is 0 Å². The molecule has 0 aliphatic heterocycles. The third-order valence-electron chi connectivity index (χ3n) is 12.0. The topological polar surface area (TPSA) is 50.9 Å². The number of nitrogens with zero attached hydrogens (tertiary/aromatic N) is 3. The van der Waals surface area contributed by atoms with Gasteiger partial charge in [-0.15, -0.1) is 0 Å². The van der Waals surface area contributed by atoms with E-state index in [0.29, 0.717) is 11.4 Å². The standard InChI is InChI=1S/C59H47N3O/c1-38(2)47-31-49(43-19-12-7-13-20-43)36-52(35-47)62-56-22-14-21-53(57(56)61-59(62)54-30-39(3)29-40(4)58(54)63)50-32-48(42-17-10-6-11-18-42)33-51(34-50)55-37-46(27-28-60-55)45-25-23-44(24-26-45)41-15-8-5-9-16-41/h5-38,63H,1-4H3/i38D. The summed E-state index contributed by atoms with van der Waals surface area (Å²) in [6, 6.07) is 67.6. The first kappa shape index (κ1) is 38.1. The van der Waals surface area contributed by atoms with Crippen LogP contribution in [0.2, 0.25) is 0 Å². The fourth-order valence-corrected chi connectivity index (χ4v) is 8.71. The first-order valence-electron chi connectivity index (χ1n) is 21.9. The van der Waals surface area contributed by atoms with Gasteiger partial charge in [0.1, 0.15) is 11.6 Å². The number of pyridine rings is 1. The average Bonchev–Trinajstić information content (AvgIpc) is 3.73. The Kier molecular flexibility index (Phi) is 10.0. The van der Waals surface area contributed by atoms with Crippen molar-refractivity contribution in [1.29, 1.82) is 0 Å². The molecule has 0 bridgehead atoms. The summed E-state index contributed by atoms with van der Waals surface area (Å²) in [6.07, 6.45) is 1.89. The van der Waals surface area contributed by atoms with Gasteiger partial charge in [-0.3, -0.25) is 9.55 Å². The second kappa shape index (κ2) is 16.6. The molecule has 304 valence electrons. The summed E-state index contributed by atoms with van der Waals surface area (Å²) >= 11 is 0. The molecular weight excluding hydrogens is 767 g/mol. The number of fused-ring (bicyclic) bond motifs is 1. The van der Waals surface area contributed by atoms with Gasteiger partial charge >= 0.3 is 0 Å². The van der Waals surface area contributed by atoms with Crippen LogP contribution in [-0.4, -0.2) is 19.6 Å². The van der Waals surface area contributed by atoms with E-state index in [0.717, 1.165) is 89.2 Å². The van der Waals surface area contributed by atoms with Crippen LogP contribution in [0.4, 0.5) is 0 Å². The lowest BCUT2D eigenvalue weighted by Crippen LogP contribution is -2.01. The molecule has 4 heteroatoms. The molecule has 0 aliphatic carbocycles. The molecule has 10 aromatic rings. The maximum atomic E-state index is 11.8. The smallest absolute Gasteiger partial charge is 0.149 e. The number of aromatic nitrogens is 3. The first-order valence-corrected chi connectivity index (χ1v) is 21.4. The van der Waals surface area contributed by atoms with Crippen molar-refractivity contribution in [2.45, 2.75) is 33.6 Å². The molecule has 0 saturated carbocycles. The molecule has 2 aromatic heterocycles. The summed E-state index contributed by atoms with van der Waals surface area (Å²) in [5.74, 6) is -0.0649. The van der Waals surface area contributed by atoms with Gasteiger partial charge in [-0.1, -0.05) is 153 Å². The zero-order valence-electron chi connectivity index (χ0n) is 36.8. The fraction of sp³-hybridized carbons (Fsp3) is 0.0847. The molecule has 0 atom stereocenters. The van der Waals surface area contributed by atoms with Crippen LogP contribution in [-0.2, 0) is 0 Å². The largest absolute Gasteiger partial charge is 0.507 e. The van der Waals surface area contributed by atoms with E-state index in [1.807, 2.05) is 76.4 Å². The van der Waals surface area contributed by atoms with E-state index in [9.17, 15) is 6.48 Å². The zero-order chi connectivity index (χ0) is 44.0. The molecule has 63 heavy (non-hydrogen) atoms. The molecule has 0 aliphatic rings. The van der Waals surface area contributed by atoms with Crippen LogP contribution in [0, 0.1) is 13.8 Å². The van der Waals surface area contributed by atoms with Crippen LogP contribution in [0.25, 0.3) is 95.0 Å². The molecule has 10 rings (SSSR count). The van der Waals surface area contributed by atoms with Crippen molar-refractivity contribution in [1.82, 2.24) is 14.5 Å². The SMILES string of the molecule is [2H]C(C)(C)c1cc(-c2ccccc2)cc(-n2c(-c3cc(C)cc(C)c3O)nc3c(-c4cc(-c5ccccc5)cc(-c5cc(-c6ccc(-c7ccccc7)cc6)ccn5)c4)cccc32)c1. The second-order valence-corrected chi connectivity index (χ2v) is 16.6. The molecular formula is C59H47N3O. The number of hydrogen-bond donors (Lipinski definition) is 1. The molecule has 1 N–H and O–H groups in total. The Balaban J connectivity index is 1.18. The lowest BCUT2D eigenvalue weighted by Gasteiger charge is -2.17. The van der Waals surface area contributed by atoms with E-state index < -0.39 is 5.89 Å². The molecule has 8 aromatic carbocycles. The van der Waals surface area contributed by atoms with E-state index >= 15 is 0 Å². The van der Waals surface area contributed by atoms with E-state index in [4.69, 9.17) is 9.97 Å². The van der Waals surface area contributed by atoms with Gasteiger partial charge in [-0.2, -0.15) is 0 Å². The van der Waals surface area contributed by atoms with E-state index in [2.05, 4.69) is 156 Å². The lowest BCUT2D eigenvalue weighted by molar-refractivity contribution is 0.472. The summed E-state index contributed by atoms with van der Waals surface area (Å²) in [6.45, 7) is 7.82. The number of phenols is 1. The predicted octanol–water partition coefficient (Wildman–Crippen LogP) is 15.5. The minimum Gasteiger partial charge on any atom is -0.507 e. The van der Waals surface area contributed by atoms with Gasteiger partial charge in [-0.05, 0) is 141 Å². The Morgan fingerprint density at radius 3 is 1.71 bits per heavy atom. The number of benzene rings is 8. The van der Waals surface area contributed by atoms with Crippen LogP contribution in [0.5, 0.6) is 5.75 Å². The summed E-state index contributed by atoms with van der Waals surface area (Å²) in [5.41, 5.74) is 18.5. The quantitative estimate of drug-likeness (QED) is 0.158. The van der Waals surface area contributed by atoms with Crippen molar-refractivity contribution < 1.29 is 6.48 Å². The molecule has 0 unspecified atom stereocenters. The number of para-hydroxylation sites is 1. The lowest BCUT2D eigenvalue weighted by atomic mass is 9.93. The minimum absolute atomic E-state index is 0.193. The summed E-state index contributed by atoms with van der Waals surface area (Å²) in [4.78, 5) is 10.5. The molecule has 2 heterocycles. The third-order valence-corrected chi connectivity index (χ3v) is 12.0. The monoisotopic (exact) mass is 814 g/mol. The molecule has 4 nitrogen and oxygen atoms in total. The highest BCUT2D eigenvalue weighted by Gasteiger charge is 2.23. The van der Waals surface area contributed by atoms with Gasteiger partial charge < -0.3 is 5.11 Å². The molecule has 0 amide bonds. The Hall–Kier alpha value is -7.82. The minimum atomic E-state index is -0.880. The van der Waals surface area contributed by atoms with E-state index in [-0.39, 0.29) is 5.75 Å². The average molecular weight is 815 g/mol. The number of aryl methyl sites for hydroxylation is 2. The Morgan fingerprint density at radius 2 is 1.06 bits per heavy atom. The second-order valence-electron chi connectivity index (χ2n) is 16.6. The van der Waals surface area contributed by atoms with Gasteiger partial charge in [0.15, 0.2) is 0 Å². The normalized spacial score (nSPS) is 11.8. The van der Waals surface area contributed by atoms with Gasteiger partial charge in [-0.25, -0.2) is 4.98 Å². The van der Waals surface area contributed by atoms with Crippen LogP contribution < -0.4 is 0 Å². The van der Waals surface area contributed by atoms with Crippen molar-refractivity contribution in [2.24, 2.45) is 0 Å². The van der Waals surface area contributed by atoms with Crippen molar-refractivity contribution >= 4 is 11.0 Å². The number of aromatic hydroxyl groups is 1. The maximum Gasteiger partial charge on any atom is 0.149 e. The third kappa shape index (κ3) is 7.73. The van der Waals surface area contributed by atoms with Crippen LogP contribution in [0.1, 0.15) is 37.8 Å². The molecule has 0 fully saturated rings. The van der Waals surface area contributed by atoms with Gasteiger partial charge in [0.2, 0.25) is 0 Å². The maximum absolute atomic E-state index is 11.8. The van der Waals surface area contributed by atoms with Crippen LogP contribution >= 0.6 is 0 Å². The van der Waals surface area contributed by atoms with Crippen LogP contribution in [0.15, 0.2) is 200 Å². The predicted molar refractivity (Wildman–Crippen MR) is 262 cm³/mol. The first-order chi connectivity index (χ1) is 31.1. The van der Waals surface area contributed by atoms with E-state index in [1.54, 1.807) is 0 Å². The highest BCUT2D eigenvalue weighted by Crippen LogP contribution is 2.42. The number of imidazole rings is 1. The highest BCUT2D eigenvalue weighted by atomic mass is 16.3. The number of hydrogen-bond acceptors (Lipinski definition) is 3. The van der Waals surface area contributed by atoms with Gasteiger partial charge in [0, 0.05) is 24.4 Å². The van der Waals surface area contributed by atoms with Crippen molar-refractivity contribution in [2.75, 3.05) is 0 Å². The Labute approximate surface area is 370 Å². The van der Waals surface area contributed by atoms with Gasteiger partial charge in [0.05, 0.1) is 22.3 Å². The van der Waals surface area contributed by atoms with Crippen molar-refractivity contribution in [3.8, 4) is 89.7 Å². The number of rotatable bonds is 9. The van der Waals surface area contributed by atoms with Gasteiger partial charge in [0.25, 0.3) is 0 Å². The Bertz CT molecular complexity index is 3310. The summed E-state index contributed by atoms with van der Waals surface area (Å²) in [5, 5.41) is 11.8. The molecule has 0 saturated heterocycles. The Morgan fingerprint density at radius 1 is 0.492 bits per heavy atom. The molecule has 0 spiro atoms. The fourth-order valence-electron chi connectivity index (χ4n) is 8.71. The number of phenolic OH excluding ortho intramolecular Hbond substituents is 1. The van der Waals surface area contributed by atoms with E-state index in [1.165, 1.54) is 11.1 Å². The highest BCUT2D eigenvalue weighted by molar-refractivity contribution is 5.98. The van der Waals surface area contributed by atoms with Crippen LogP contribution in [0.3, 0.4) is 0 Å². The summed E-state index contributed by atoms with van der Waals surface area (Å²) < 4.78 is 11.3. The zero-order valence-corrected chi connectivity index (χ0v) is 35.8. The molecule has 0 radical (unpaired) electrons. The van der Waals surface area contributed by atoms with Crippen molar-refractivity contribution in [3.05, 3.63) is 217 Å².